The zero-order valence-electron chi connectivity index (χ0n) is 11.6. The number of likely N-dealkylation sites (tertiary alicyclic amines) is 1. The van der Waals surface area contributed by atoms with Crippen molar-refractivity contribution in [2.75, 3.05) is 45.4 Å². The second-order valence-corrected chi connectivity index (χ2v) is 5.73. The summed E-state index contributed by atoms with van der Waals surface area (Å²) < 4.78 is 4.88. The number of amides is 1. The molecule has 0 aliphatic carbocycles. The summed E-state index contributed by atoms with van der Waals surface area (Å²) in [7, 11) is 1.57. The molecule has 4 nitrogen and oxygen atoms in total. The van der Waals surface area contributed by atoms with Crippen molar-refractivity contribution in [1.82, 2.24) is 10.2 Å². The van der Waals surface area contributed by atoms with Crippen molar-refractivity contribution in [3.8, 4) is 0 Å². The first-order chi connectivity index (χ1) is 8.77. The van der Waals surface area contributed by atoms with Gasteiger partial charge in [0.05, 0.1) is 0 Å². The van der Waals surface area contributed by atoms with E-state index in [4.69, 9.17) is 4.74 Å². The molecule has 0 bridgehead atoms. The van der Waals surface area contributed by atoms with E-state index in [9.17, 15) is 4.79 Å². The molecule has 5 heteroatoms. The monoisotopic (exact) mass is 274 g/mol. The SMILES string of the molecule is COCC(=O)N1CCC(NCCCCSC)CC1. The highest BCUT2D eigenvalue weighted by atomic mass is 32.2. The molecule has 1 rings (SSSR count). The van der Waals surface area contributed by atoms with Crippen LogP contribution in [-0.2, 0) is 9.53 Å². The molecule has 0 radical (unpaired) electrons. The van der Waals surface area contributed by atoms with Crippen molar-refractivity contribution in [3.05, 3.63) is 0 Å². The number of piperidine rings is 1. The first kappa shape index (κ1) is 15.8. The molecule has 1 N–H and O–H groups in total. The van der Waals surface area contributed by atoms with Gasteiger partial charge in [-0.1, -0.05) is 0 Å². The van der Waals surface area contributed by atoms with Crippen LogP contribution in [-0.4, -0.2) is 62.2 Å². The van der Waals surface area contributed by atoms with Crippen molar-refractivity contribution in [1.29, 1.82) is 0 Å². The minimum atomic E-state index is 0.121. The lowest BCUT2D eigenvalue weighted by atomic mass is 10.0. The molecule has 1 aliphatic rings. The molecule has 0 saturated carbocycles. The molecule has 0 aromatic rings. The van der Waals surface area contributed by atoms with Crippen LogP contribution in [0.3, 0.4) is 0 Å². The van der Waals surface area contributed by atoms with E-state index in [0.29, 0.717) is 6.04 Å². The van der Waals surface area contributed by atoms with Gasteiger partial charge < -0.3 is 15.0 Å². The van der Waals surface area contributed by atoms with E-state index >= 15 is 0 Å². The highest BCUT2D eigenvalue weighted by Crippen LogP contribution is 2.10. The molecule has 1 saturated heterocycles. The smallest absolute Gasteiger partial charge is 0.248 e. The Morgan fingerprint density at radius 2 is 2.11 bits per heavy atom. The van der Waals surface area contributed by atoms with Gasteiger partial charge in [-0.3, -0.25) is 4.79 Å². The number of methoxy groups -OCH3 is 1. The van der Waals surface area contributed by atoms with Crippen molar-refractivity contribution < 1.29 is 9.53 Å². The maximum absolute atomic E-state index is 11.6. The van der Waals surface area contributed by atoms with Crippen LogP contribution in [0.1, 0.15) is 25.7 Å². The number of nitrogens with one attached hydrogen (secondary N) is 1. The van der Waals surface area contributed by atoms with E-state index in [1.807, 2.05) is 16.7 Å². The molecule has 0 spiro atoms. The van der Waals surface area contributed by atoms with Crippen molar-refractivity contribution in [2.24, 2.45) is 0 Å². The summed E-state index contributed by atoms with van der Waals surface area (Å²) in [4.78, 5) is 13.5. The van der Waals surface area contributed by atoms with E-state index < -0.39 is 0 Å². The second-order valence-electron chi connectivity index (χ2n) is 4.74. The molecular formula is C13H26N2O2S. The zero-order chi connectivity index (χ0) is 13.2. The lowest BCUT2D eigenvalue weighted by molar-refractivity contribution is -0.136. The number of carbonyl (C=O) groups is 1. The van der Waals surface area contributed by atoms with Gasteiger partial charge >= 0.3 is 0 Å². The Morgan fingerprint density at radius 3 is 2.72 bits per heavy atom. The molecule has 0 aromatic heterocycles. The standard InChI is InChI=1S/C13H26N2O2S/c1-17-11-13(16)15-8-5-12(6-9-15)14-7-3-4-10-18-2/h12,14H,3-11H2,1-2H3. The molecule has 0 unspecified atom stereocenters. The van der Waals surface area contributed by atoms with Gasteiger partial charge in [0.25, 0.3) is 0 Å². The van der Waals surface area contributed by atoms with Gasteiger partial charge in [0.1, 0.15) is 6.61 Å². The van der Waals surface area contributed by atoms with Crippen molar-refractivity contribution in [2.45, 2.75) is 31.7 Å². The van der Waals surface area contributed by atoms with Crippen LogP contribution >= 0.6 is 11.8 Å². The van der Waals surface area contributed by atoms with Gasteiger partial charge in [-0.2, -0.15) is 11.8 Å². The van der Waals surface area contributed by atoms with Gasteiger partial charge in [0.15, 0.2) is 0 Å². The van der Waals surface area contributed by atoms with E-state index in [1.54, 1.807) is 7.11 Å². The average molecular weight is 274 g/mol. The summed E-state index contributed by atoms with van der Waals surface area (Å²) in [6.07, 6.45) is 6.83. The highest BCUT2D eigenvalue weighted by Gasteiger charge is 2.21. The lowest BCUT2D eigenvalue weighted by Crippen LogP contribution is -2.46. The second kappa shape index (κ2) is 9.64. The van der Waals surface area contributed by atoms with Crippen LogP contribution in [0.4, 0.5) is 0 Å². The number of ether oxygens (including phenoxy) is 1. The van der Waals surface area contributed by atoms with E-state index in [0.717, 1.165) is 32.5 Å². The van der Waals surface area contributed by atoms with Crippen LogP contribution in [0, 0.1) is 0 Å². The molecule has 106 valence electrons. The van der Waals surface area contributed by atoms with Gasteiger partial charge in [-0.25, -0.2) is 0 Å². The fourth-order valence-electron chi connectivity index (χ4n) is 2.23. The summed E-state index contributed by atoms with van der Waals surface area (Å²) in [5.41, 5.74) is 0. The first-order valence-corrected chi connectivity index (χ1v) is 8.16. The molecule has 18 heavy (non-hydrogen) atoms. The number of hydrogen-bond acceptors (Lipinski definition) is 4. The molecule has 0 atom stereocenters. The Hall–Kier alpha value is -0.260. The topological polar surface area (TPSA) is 41.6 Å². The summed E-state index contributed by atoms with van der Waals surface area (Å²) in [5, 5.41) is 3.59. The number of rotatable bonds is 8. The average Bonchev–Trinajstić information content (AvgIpc) is 2.39. The van der Waals surface area contributed by atoms with Gasteiger partial charge in [-0.05, 0) is 44.2 Å². The third-order valence-electron chi connectivity index (χ3n) is 3.32. The maximum atomic E-state index is 11.6. The summed E-state index contributed by atoms with van der Waals surface area (Å²) in [5.74, 6) is 1.38. The third kappa shape index (κ3) is 6.07. The maximum Gasteiger partial charge on any atom is 0.248 e. The Kier molecular flexibility index (Phi) is 8.46. The fourth-order valence-corrected chi connectivity index (χ4v) is 2.72. The predicted molar refractivity (Wildman–Crippen MR) is 77.1 cm³/mol. The minimum Gasteiger partial charge on any atom is -0.375 e. The van der Waals surface area contributed by atoms with Crippen molar-refractivity contribution >= 4 is 17.7 Å². The summed E-state index contributed by atoms with van der Waals surface area (Å²) in [6, 6.07) is 0.589. The molecular weight excluding hydrogens is 248 g/mol. The Balaban J connectivity index is 2.06. The third-order valence-corrected chi connectivity index (χ3v) is 4.02. The number of hydrogen-bond donors (Lipinski definition) is 1. The van der Waals surface area contributed by atoms with Gasteiger partial charge in [-0.15, -0.1) is 0 Å². The number of thioether (sulfide) groups is 1. The molecule has 1 heterocycles. The molecule has 1 fully saturated rings. The van der Waals surface area contributed by atoms with Crippen LogP contribution in [0.2, 0.25) is 0 Å². The number of nitrogens with zero attached hydrogens (tertiary/aromatic N) is 1. The van der Waals surface area contributed by atoms with E-state index in [2.05, 4.69) is 11.6 Å². The van der Waals surface area contributed by atoms with E-state index in [-0.39, 0.29) is 12.5 Å². The van der Waals surface area contributed by atoms with Crippen LogP contribution in [0.5, 0.6) is 0 Å². The highest BCUT2D eigenvalue weighted by molar-refractivity contribution is 7.98. The molecule has 1 aliphatic heterocycles. The number of carbonyl (C=O) groups excluding carboxylic acids is 1. The minimum absolute atomic E-state index is 0.121. The summed E-state index contributed by atoms with van der Waals surface area (Å²) >= 11 is 1.91. The quantitative estimate of drug-likeness (QED) is 0.679. The van der Waals surface area contributed by atoms with Crippen molar-refractivity contribution in [3.63, 3.8) is 0 Å². The van der Waals surface area contributed by atoms with E-state index in [1.165, 1.54) is 18.6 Å². The summed E-state index contributed by atoms with van der Waals surface area (Å²) in [6.45, 7) is 3.05. The Morgan fingerprint density at radius 1 is 1.39 bits per heavy atom. The Bertz CT molecular complexity index is 231. The Labute approximate surface area is 115 Å². The lowest BCUT2D eigenvalue weighted by Gasteiger charge is -2.32. The van der Waals surface area contributed by atoms with Crippen LogP contribution in [0.25, 0.3) is 0 Å². The largest absolute Gasteiger partial charge is 0.375 e. The zero-order valence-corrected chi connectivity index (χ0v) is 12.4. The predicted octanol–water partition coefficient (Wildman–Crippen LogP) is 1.36. The molecule has 0 aromatic carbocycles. The molecule has 1 amide bonds. The van der Waals surface area contributed by atoms with Gasteiger partial charge in [0.2, 0.25) is 5.91 Å². The van der Waals surface area contributed by atoms with Crippen LogP contribution in [0.15, 0.2) is 0 Å². The first-order valence-electron chi connectivity index (χ1n) is 6.77. The fraction of sp³-hybridized carbons (Fsp3) is 0.923. The van der Waals surface area contributed by atoms with Crippen LogP contribution < -0.4 is 5.32 Å². The van der Waals surface area contributed by atoms with Gasteiger partial charge in [0, 0.05) is 26.2 Å². The normalized spacial score (nSPS) is 17.1. The number of unbranched alkanes of at least 4 members (excludes halogenated alkanes) is 1.